The van der Waals surface area contributed by atoms with Crippen LogP contribution in [0.25, 0.3) is 0 Å². The lowest BCUT2D eigenvalue weighted by atomic mass is 9.93. The molecule has 1 atom stereocenters. The summed E-state index contributed by atoms with van der Waals surface area (Å²) in [4.78, 5) is 0. The van der Waals surface area contributed by atoms with Crippen LogP contribution in [0.15, 0.2) is 18.2 Å². The van der Waals surface area contributed by atoms with Crippen molar-refractivity contribution in [2.75, 3.05) is 13.2 Å². The molecule has 2 heteroatoms. The highest BCUT2D eigenvalue weighted by atomic mass is 16.5. The van der Waals surface area contributed by atoms with Crippen LogP contribution in [0.2, 0.25) is 0 Å². The van der Waals surface area contributed by atoms with Gasteiger partial charge in [-0.3, -0.25) is 0 Å². The van der Waals surface area contributed by atoms with E-state index in [1.807, 2.05) is 0 Å². The van der Waals surface area contributed by atoms with Gasteiger partial charge in [-0.15, -0.1) is 0 Å². The molecule has 2 N–H and O–H groups in total. The lowest BCUT2D eigenvalue weighted by molar-refractivity contribution is 0.0974. The first kappa shape index (κ1) is 15.2. The lowest BCUT2D eigenvalue weighted by Gasteiger charge is -2.19. The molecule has 0 radical (unpaired) electrons. The van der Waals surface area contributed by atoms with Gasteiger partial charge in [0.05, 0.1) is 12.6 Å². The van der Waals surface area contributed by atoms with Crippen molar-refractivity contribution in [1.29, 1.82) is 0 Å². The second-order valence-electron chi connectivity index (χ2n) is 6.34. The zero-order valence-electron chi connectivity index (χ0n) is 12.4. The molecule has 18 heavy (non-hydrogen) atoms. The first-order chi connectivity index (χ1) is 8.29. The van der Waals surface area contributed by atoms with Gasteiger partial charge >= 0.3 is 0 Å². The Morgan fingerprint density at radius 2 is 1.83 bits per heavy atom. The molecule has 0 fully saturated rings. The van der Waals surface area contributed by atoms with Gasteiger partial charge in [0.1, 0.15) is 0 Å². The van der Waals surface area contributed by atoms with E-state index in [1.165, 1.54) is 11.1 Å². The molecular weight excluding hydrogens is 222 g/mol. The highest BCUT2D eigenvalue weighted by Crippen LogP contribution is 2.19. The zero-order valence-corrected chi connectivity index (χ0v) is 12.4. The molecule has 0 heterocycles. The Balaban J connectivity index is 2.41. The van der Waals surface area contributed by atoms with Gasteiger partial charge in [0.25, 0.3) is 0 Å². The summed E-state index contributed by atoms with van der Waals surface area (Å²) in [5.74, 6) is 0. The van der Waals surface area contributed by atoms with Gasteiger partial charge in [0.2, 0.25) is 0 Å². The molecule has 102 valence electrons. The average Bonchev–Trinajstić information content (AvgIpc) is 2.26. The fraction of sp³-hybridized carbons (Fsp3) is 0.625. The zero-order chi connectivity index (χ0) is 13.8. The minimum absolute atomic E-state index is 0.0238. The van der Waals surface area contributed by atoms with Crippen LogP contribution in [0.5, 0.6) is 0 Å². The van der Waals surface area contributed by atoms with Crippen LogP contribution in [0.1, 0.15) is 49.9 Å². The van der Waals surface area contributed by atoms with E-state index >= 15 is 0 Å². The number of benzene rings is 1. The van der Waals surface area contributed by atoms with Crippen molar-refractivity contribution in [3.63, 3.8) is 0 Å². The van der Waals surface area contributed by atoms with Gasteiger partial charge in [0, 0.05) is 6.61 Å². The fourth-order valence-corrected chi connectivity index (χ4v) is 1.68. The summed E-state index contributed by atoms with van der Waals surface area (Å²) in [6.45, 7) is 12.3. The Bertz CT molecular complexity index is 379. The minimum atomic E-state index is -0.0238. The van der Waals surface area contributed by atoms with Crippen molar-refractivity contribution < 1.29 is 4.74 Å². The van der Waals surface area contributed by atoms with E-state index in [-0.39, 0.29) is 6.04 Å². The maximum absolute atomic E-state index is 6.14. The van der Waals surface area contributed by atoms with E-state index in [0.29, 0.717) is 12.0 Å². The molecule has 0 spiro atoms. The quantitative estimate of drug-likeness (QED) is 0.806. The van der Waals surface area contributed by atoms with E-state index in [1.54, 1.807) is 0 Å². The molecule has 1 unspecified atom stereocenters. The maximum Gasteiger partial charge on any atom is 0.0659 e. The summed E-state index contributed by atoms with van der Waals surface area (Å²) < 4.78 is 5.67. The third-order valence-corrected chi connectivity index (χ3v) is 3.25. The molecule has 0 aromatic heterocycles. The smallest absolute Gasteiger partial charge is 0.0659 e. The Kier molecular flexibility index (Phi) is 5.36. The topological polar surface area (TPSA) is 35.2 Å². The van der Waals surface area contributed by atoms with Gasteiger partial charge in [-0.25, -0.2) is 0 Å². The van der Waals surface area contributed by atoms with Crippen LogP contribution in [0.4, 0.5) is 0 Å². The molecule has 0 aliphatic rings. The molecule has 0 aliphatic heterocycles. The normalized spacial score (nSPS) is 13.7. The Labute approximate surface area is 112 Å². The molecule has 1 rings (SSSR count). The largest absolute Gasteiger partial charge is 0.379 e. The van der Waals surface area contributed by atoms with Crippen molar-refractivity contribution in [1.82, 2.24) is 0 Å². The number of hydrogen-bond acceptors (Lipinski definition) is 2. The molecule has 1 aromatic rings. The molecule has 0 saturated heterocycles. The molecule has 0 saturated carbocycles. The second-order valence-corrected chi connectivity index (χ2v) is 6.34. The fourth-order valence-electron chi connectivity index (χ4n) is 1.68. The maximum atomic E-state index is 6.14. The van der Waals surface area contributed by atoms with Crippen LogP contribution >= 0.6 is 0 Å². The second kappa shape index (κ2) is 6.35. The highest BCUT2D eigenvalue weighted by Gasteiger charge is 2.11. The molecule has 0 aliphatic carbocycles. The first-order valence-electron chi connectivity index (χ1n) is 6.70. The van der Waals surface area contributed by atoms with Gasteiger partial charge in [-0.05, 0) is 42.4 Å². The average molecular weight is 249 g/mol. The van der Waals surface area contributed by atoms with Gasteiger partial charge in [0.15, 0.2) is 0 Å². The Morgan fingerprint density at radius 3 is 2.39 bits per heavy atom. The van der Waals surface area contributed by atoms with Crippen molar-refractivity contribution in [3.8, 4) is 0 Å². The summed E-state index contributed by atoms with van der Waals surface area (Å²) in [5.41, 5.74) is 10.2. The summed E-state index contributed by atoms with van der Waals surface area (Å²) >= 11 is 0. The van der Waals surface area contributed by atoms with Crippen LogP contribution in [0, 0.1) is 19.3 Å². The van der Waals surface area contributed by atoms with Gasteiger partial charge < -0.3 is 10.5 Å². The Morgan fingerprint density at radius 1 is 1.17 bits per heavy atom. The Hall–Kier alpha value is -0.860. The standard InChI is InChI=1S/C16H27NO/c1-12-6-7-14(10-13(12)2)15(17)11-18-9-8-16(3,4)5/h6-7,10,15H,8-9,11,17H2,1-5H3. The summed E-state index contributed by atoms with van der Waals surface area (Å²) in [6.07, 6.45) is 1.06. The van der Waals surface area contributed by atoms with Crippen LogP contribution in [-0.4, -0.2) is 13.2 Å². The predicted octanol–water partition coefficient (Wildman–Crippen LogP) is 3.76. The predicted molar refractivity (Wildman–Crippen MR) is 77.7 cm³/mol. The van der Waals surface area contributed by atoms with Crippen LogP contribution < -0.4 is 5.73 Å². The van der Waals surface area contributed by atoms with Crippen LogP contribution in [0.3, 0.4) is 0 Å². The third kappa shape index (κ3) is 5.19. The monoisotopic (exact) mass is 249 g/mol. The number of nitrogens with two attached hydrogens (primary N) is 1. The van der Waals surface area contributed by atoms with Gasteiger partial charge in [-0.2, -0.15) is 0 Å². The van der Waals surface area contributed by atoms with E-state index < -0.39 is 0 Å². The number of hydrogen-bond donors (Lipinski definition) is 1. The van der Waals surface area contributed by atoms with Crippen molar-refractivity contribution >= 4 is 0 Å². The summed E-state index contributed by atoms with van der Waals surface area (Å²) in [7, 11) is 0. The van der Waals surface area contributed by atoms with E-state index in [0.717, 1.165) is 18.6 Å². The molecular formula is C16H27NO. The highest BCUT2D eigenvalue weighted by molar-refractivity contribution is 5.31. The number of aryl methyl sites for hydroxylation is 2. The molecule has 0 bridgehead atoms. The summed E-state index contributed by atoms with van der Waals surface area (Å²) in [6, 6.07) is 6.36. The van der Waals surface area contributed by atoms with E-state index in [4.69, 9.17) is 10.5 Å². The van der Waals surface area contributed by atoms with Crippen molar-refractivity contribution in [2.45, 2.75) is 47.1 Å². The first-order valence-corrected chi connectivity index (χ1v) is 6.70. The SMILES string of the molecule is Cc1ccc(C(N)COCCC(C)(C)C)cc1C. The number of rotatable bonds is 5. The number of ether oxygens (including phenoxy) is 1. The summed E-state index contributed by atoms with van der Waals surface area (Å²) in [5, 5.41) is 0. The molecule has 1 aromatic carbocycles. The molecule has 0 amide bonds. The minimum Gasteiger partial charge on any atom is -0.379 e. The third-order valence-electron chi connectivity index (χ3n) is 3.25. The van der Waals surface area contributed by atoms with Crippen molar-refractivity contribution in [2.24, 2.45) is 11.1 Å². The van der Waals surface area contributed by atoms with Crippen molar-refractivity contribution in [3.05, 3.63) is 34.9 Å². The van der Waals surface area contributed by atoms with E-state index in [9.17, 15) is 0 Å². The van der Waals surface area contributed by atoms with E-state index in [2.05, 4.69) is 52.8 Å². The molecule has 2 nitrogen and oxygen atoms in total. The lowest BCUT2D eigenvalue weighted by Crippen LogP contribution is -2.19. The van der Waals surface area contributed by atoms with Gasteiger partial charge in [-0.1, -0.05) is 39.0 Å². The van der Waals surface area contributed by atoms with Crippen LogP contribution in [-0.2, 0) is 4.74 Å².